The molecule has 56 heavy (non-hydrogen) atoms. The summed E-state index contributed by atoms with van der Waals surface area (Å²) in [6, 6.07) is -1.52. The number of esters is 2. The summed E-state index contributed by atoms with van der Waals surface area (Å²) in [7, 11) is -4.72. The number of hydrogen-bond donors (Lipinski definition) is 3. The van der Waals surface area contributed by atoms with Gasteiger partial charge in [-0.15, -0.1) is 0 Å². The molecule has 0 bridgehead atoms. The van der Waals surface area contributed by atoms with Crippen molar-refractivity contribution in [2.24, 2.45) is 5.73 Å². The smallest absolute Gasteiger partial charge is 0.472 e. The zero-order valence-electron chi connectivity index (χ0n) is 35.5. The SMILES string of the molecule is CCCCCC/C=C\C/C=C\CCCCCCCC(=O)OC(COC(=O)CCCCCCCCCCCCCCCCCC)COP(=O)(O)OCC(N)C(=O)O. The van der Waals surface area contributed by atoms with E-state index in [0.29, 0.717) is 12.8 Å². The molecule has 0 fully saturated rings. The van der Waals surface area contributed by atoms with Crippen LogP contribution in [-0.2, 0) is 37.5 Å². The van der Waals surface area contributed by atoms with E-state index in [2.05, 4.69) is 42.7 Å². The van der Waals surface area contributed by atoms with Gasteiger partial charge in [0.05, 0.1) is 13.2 Å². The van der Waals surface area contributed by atoms with Crippen molar-refractivity contribution in [1.82, 2.24) is 0 Å². The molecule has 3 unspecified atom stereocenters. The summed E-state index contributed by atoms with van der Waals surface area (Å²) in [6.45, 7) is 2.79. The molecular formula is C44H82NO10P. The Hall–Kier alpha value is -2.04. The lowest BCUT2D eigenvalue weighted by Gasteiger charge is -2.20. The predicted octanol–water partition coefficient (Wildman–Crippen LogP) is 11.8. The van der Waals surface area contributed by atoms with Crippen LogP contribution in [0.1, 0.15) is 206 Å². The van der Waals surface area contributed by atoms with Gasteiger partial charge in [0.15, 0.2) is 6.10 Å². The molecule has 0 heterocycles. The maximum absolute atomic E-state index is 12.6. The van der Waals surface area contributed by atoms with Gasteiger partial charge in [-0.3, -0.25) is 23.4 Å². The first-order chi connectivity index (χ1) is 27.1. The van der Waals surface area contributed by atoms with E-state index in [0.717, 1.165) is 64.2 Å². The molecule has 0 aliphatic rings. The van der Waals surface area contributed by atoms with Crippen LogP contribution in [0.4, 0.5) is 0 Å². The molecule has 4 N–H and O–H groups in total. The first-order valence-corrected chi connectivity index (χ1v) is 23.9. The molecule has 0 aromatic carbocycles. The molecule has 328 valence electrons. The fraction of sp³-hybridized carbons (Fsp3) is 0.841. The van der Waals surface area contributed by atoms with Gasteiger partial charge in [0.25, 0.3) is 0 Å². The number of aliphatic carboxylic acids is 1. The fourth-order valence-corrected chi connectivity index (χ4v) is 6.93. The summed E-state index contributed by atoms with van der Waals surface area (Å²) < 4.78 is 32.7. The molecule has 0 amide bonds. The number of nitrogens with two attached hydrogens (primary N) is 1. The number of carbonyl (C=O) groups is 3. The monoisotopic (exact) mass is 816 g/mol. The van der Waals surface area contributed by atoms with E-state index >= 15 is 0 Å². The van der Waals surface area contributed by atoms with Gasteiger partial charge in [0.2, 0.25) is 0 Å². The second kappa shape index (κ2) is 39.8. The van der Waals surface area contributed by atoms with Gasteiger partial charge in [-0.1, -0.05) is 173 Å². The van der Waals surface area contributed by atoms with Gasteiger partial charge in [-0.25, -0.2) is 4.57 Å². The number of ether oxygens (including phenoxy) is 2. The Morgan fingerprint density at radius 2 is 0.946 bits per heavy atom. The molecule has 11 nitrogen and oxygen atoms in total. The first kappa shape index (κ1) is 54.0. The van der Waals surface area contributed by atoms with Gasteiger partial charge in [0, 0.05) is 12.8 Å². The highest BCUT2D eigenvalue weighted by Gasteiger charge is 2.28. The first-order valence-electron chi connectivity index (χ1n) is 22.4. The molecule has 0 saturated carbocycles. The van der Waals surface area contributed by atoms with Gasteiger partial charge in [-0.05, 0) is 44.9 Å². The Balaban J connectivity index is 4.35. The molecule has 0 aliphatic heterocycles. The number of carboxylic acids is 1. The standard InChI is InChI=1S/C44H82NO10P/c1-3-5-7-9-11-13-15-17-19-21-23-25-27-29-31-33-35-42(46)52-37-40(38-53-56(50,51)54-39-41(45)44(48)49)55-43(47)36-34-32-30-28-26-24-22-20-18-16-14-12-10-8-6-4-2/h14,16,20,22,40-41H,3-13,15,17-19,21,23-39,45H2,1-2H3,(H,48,49)(H,50,51)/b16-14-,22-20-. The van der Waals surface area contributed by atoms with Crippen LogP contribution in [0.15, 0.2) is 24.3 Å². The van der Waals surface area contributed by atoms with Crippen molar-refractivity contribution in [3.8, 4) is 0 Å². The lowest BCUT2D eigenvalue weighted by atomic mass is 10.0. The predicted molar refractivity (Wildman–Crippen MR) is 226 cm³/mol. The Morgan fingerprint density at radius 3 is 1.41 bits per heavy atom. The van der Waals surface area contributed by atoms with Crippen LogP contribution < -0.4 is 5.73 Å². The third kappa shape index (κ3) is 38.8. The average molecular weight is 816 g/mol. The maximum Gasteiger partial charge on any atom is 0.472 e. The molecule has 0 radical (unpaired) electrons. The summed E-state index contributed by atoms with van der Waals surface area (Å²) in [5, 5.41) is 8.89. The number of rotatable bonds is 42. The van der Waals surface area contributed by atoms with Crippen molar-refractivity contribution < 1.29 is 47.5 Å². The fourth-order valence-electron chi connectivity index (χ4n) is 6.15. The van der Waals surface area contributed by atoms with Crippen molar-refractivity contribution >= 4 is 25.7 Å². The summed E-state index contributed by atoms with van der Waals surface area (Å²) in [4.78, 5) is 46.0. The minimum atomic E-state index is -4.72. The third-order valence-electron chi connectivity index (χ3n) is 9.70. The molecule has 0 saturated heterocycles. The van der Waals surface area contributed by atoms with E-state index in [9.17, 15) is 23.8 Å². The van der Waals surface area contributed by atoms with Crippen LogP contribution in [0, 0.1) is 0 Å². The number of hydrogen-bond acceptors (Lipinski definition) is 9. The Morgan fingerprint density at radius 1 is 0.554 bits per heavy atom. The number of carboxylic acid groups (broad SMARTS) is 1. The van der Waals surface area contributed by atoms with Crippen molar-refractivity contribution in [2.45, 2.75) is 219 Å². The van der Waals surface area contributed by atoms with Crippen molar-refractivity contribution in [3.63, 3.8) is 0 Å². The van der Waals surface area contributed by atoms with Crippen LogP contribution >= 0.6 is 7.82 Å². The Bertz CT molecular complexity index is 1050. The van der Waals surface area contributed by atoms with Crippen LogP contribution in [0.2, 0.25) is 0 Å². The van der Waals surface area contributed by atoms with Gasteiger partial charge < -0.3 is 25.2 Å². The number of phosphoric ester groups is 1. The van der Waals surface area contributed by atoms with Gasteiger partial charge in [-0.2, -0.15) is 0 Å². The lowest BCUT2D eigenvalue weighted by Crippen LogP contribution is -2.34. The highest BCUT2D eigenvalue weighted by atomic mass is 31.2. The quantitative estimate of drug-likeness (QED) is 0.0232. The van der Waals surface area contributed by atoms with E-state index in [-0.39, 0.29) is 19.4 Å². The maximum atomic E-state index is 12.6. The highest BCUT2D eigenvalue weighted by Crippen LogP contribution is 2.43. The Labute approximate surface area is 340 Å². The minimum Gasteiger partial charge on any atom is -0.480 e. The van der Waals surface area contributed by atoms with Crippen molar-refractivity contribution in [3.05, 3.63) is 24.3 Å². The van der Waals surface area contributed by atoms with Crippen LogP contribution in [0.3, 0.4) is 0 Å². The molecule has 0 rings (SSSR count). The molecule has 0 spiro atoms. The molecule has 12 heteroatoms. The average Bonchev–Trinajstić information content (AvgIpc) is 3.17. The molecule has 0 aromatic heterocycles. The second-order valence-electron chi connectivity index (χ2n) is 15.2. The molecular weight excluding hydrogens is 733 g/mol. The lowest BCUT2D eigenvalue weighted by molar-refractivity contribution is -0.161. The largest absolute Gasteiger partial charge is 0.480 e. The van der Waals surface area contributed by atoms with Gasteiger partial charge >= 0.3 is 25.7 Å². The summed E-state index contributed by atoms with van der Waals surface area (Å²) in [5.74, 6) is -2.39. The van der Waals surface area contributed by atoms with Crippen molar-refractivity contribution in [1.29, 1.82) is 0 Å². The van der Waals surface area contributed by atoms with Crippen LogP contribution in [0.25, 0.3) is 0 Å². The normalized spacial score (nSPS) is 13.9. The van der Waals surface area contributed by atoms with E-state index in [1.165, 1.54) is 103 Å². The number of phosphoric acid groups is 1. The van der Waals surface area contributed by atoms with Gasteiger partial charge in [0.1, 0.15) is 12.6 Å². The third-order valence-corrected chi connectivity index (χ3v) is 10.7. The zero-order valence-corrected chi connectivity index (χ0v) is 36.4. The number of allylic oxidation sites excluding steroid dienone is 4. The van der Waals surface area contributed by atoms with E-state index in [1.54, 1.807) is 0 Å². The van der Waals surface area contributed by atoms with E-state index in [4.69, 9.17) is 24.8 Å². The van der Waals surface area contributed by atoms with E-state index in [1.807, 2.05) is 0 Å². The summed E-state index contributed by atoms with van der Waals surface area (Å²) in [5.41, 5.74) is 5.33. The number of carbonyl (C=O) groups excluding carboxylic acids is 2. The second-order valence-corrected chi connectivity index (χ2v) is 16.6. The van der Waals surface area contributed by atoms with Crippen LogP contribution in [-0.4, -0.2) is 59.9 Å². The molecule has 0 aromatic rings. The highest BCUT2D eigenvalue weighted by molar-refractivity contribution is 7.47. The number of unbranched alkanes of at least 4 members (excludes halogenated alkanes) is 24. The van der Waals surface area contributed by atoms with Crippen molar-refractivity contribution in [2.75, 3.05) is 19.8 Å². The topological polar surface area (TPSA) is 172 Å². The minimum absolute atomic E-state index is 0.148. The zero-order chi connectivity index (χ0) is 41.4. The Kier molecular flexibility index (Phi) is 38.3. The summed E-state index contributed by atoms with van der Waals surface area (Å²) in [6.07, 6.45) is 40.9. The van der Waals surface area contributed by atoms with Crippen LogP contribution in [0.5, 0.6) is 0 Å². The summed E-state index contributed by atoms with van der Waals surface area (Å²) >= 11 is 0. The van der Waals surface area contributed by atoms with E-state index < -0.39 is 51.1 Å². The molecule has 0 aliphatic carbocycles. The molecule has 3 atom stereocenters.